The quantitative estimate of drug-likeness (QED) is 0.664. The number of rotatable bonds is 5. The van der Waals surface area contributed by atoms with Crippen LogP contribution in [0.2, 0.25) is 0 Å². The Morgan fingerprint density at radius 2 is 2.00 bits per heavy atom. The van der Waals surface area contributed by atoms with Crippen LogP contribution in [-0.4, -0.2) is 60.1 Å². The summed E-state index contributed by atoms with van der Waals surface area (Å²) < 4.78 is 48.7. The Balaban J connectivity index is 2.10. The fourth-order valence-electron chi connectivity index (χ4n) is 3.39. The number of hydrogen-bond donors (Lipinski definition) is 1. The van der Waals surface area contributed by atoms with Crippen LogP contribution in [0, 0.1) is 5.82 Å². The van der Waals surface area contributed by atoms with Gasteiger partial charge in [-0.15, -0.1) is 0 Å². The summed E-state index contributed by atoms with van der Waals surface area (Å²) in [7, 11) is -3.79. The molecule has 0 saturated heterocycles. The van der Waals surface area contributed by atoms with Gasteiger partial charge in [0.25, 0.3) is 16.0 Å². The molecule has 1 atom stereocenters. The summed E-state index contributed by atoms with van der Waals surface area (Å²) in [6.45, 7) is 4.74. The zero-order valence-corrected chi connectivity index (χ0v) is 19.0. The number of nitrogens with zero attached hydrogens (tertiary/aromatic N) is 3. The molecular weight excluding hydrogens is 443 g/mol. The number of nitrogens with two attached hydrogens (primary N) is 1. The number of hydrogen-bond acceptors (Lipinski definition) is 7. The summed E-state index contributed by atoms with van der Waals surface area (Å²) in [5, 5.41) is 4.43. The first kappa shape index (κ1) is 23.7. The second kappa shape index (κ2) is 8.51. The van der Waals surface area contributed by atoms with Crippen LogP contribution in [0.15, 0.2) is 24.3 Å². The van der Waals surface area contributed by atoms with Crippen molar-refractivity contribution in [2.24, 2.45) is 5.73 Å². The molecule has 0 radical (unpaired) electrons. The van der Waals surface area contributed by atoms with E-state index in [1.54, 1.807) is 26.8 Å². The Kier molecular flexibility index (Phi) is 6.29. The van der Waals surface area contributed by atoms with Gasteiger partial charge in [-0.2, -0.15) is 13.5 Å². The molecule has 12 heteroatoms. The topological polar surface area (TPSA) is 134 Å². The molecule has 1 unspecified atom stereocenters. The maximum Gasteiger partial charge on any atom is 0.410 e. The van der Waals surface area contributed by atoms with Crippen LogP contribution in [0.5, 0.6) is 0 Å². The Bertz CT molecular complexity index is 1160. The highest BCUT2D eigenvalue weighted by Crippen LogP contribution is 2.32. The summed E-state index contributed by atoms with van der Waals surface area (Å²) in [6.07, 6.45) is 0.246. The van der Waals surface area contributed by atoms with Crippen molar-refractivity contribution in [3.8, 4) is 11.3 Å². The lowest BCUT2D eigenvalue weighted by atomic mass is 10.0. The van der Waals surface area contributed by atoms with Crippen molar-refractivity contribution in [2.45, 2.75) is 39.0 Å². The van der Waals surface area contributed by atoms with Gasteiger partial charge in [0, 0.05) is 12.1 Å². The molecule has 1 aliphatic rings. The summed E-state index contributed by atoms with van der Waals surface area (Å²) in [6, 6.07) is 4.72. The van der Waals surface area contributed by atoms with Crippen LogP contribution in [0.25, 0.3) is 11.3 Å². The van der Waals surface area contributed by atoms with Crippen LogP contribution in [0.1, 0.15) is 42.9 Å². The van der Waals surface area contributed by atoms with Crippen molar-refractivity contribution in [2.75, 3.05) is 19.4 Å². The molecule has 1 aromatic heterocycles. The van der Waals surface area contributed by atoms with E-state index in [9.17, 15) is 22.4 Å². The first-order valence-electron chi connectivity index (χ1n) is 9.74. The molecule has 2 aromatic rings. The Morgan fingerprint density at radius 3 is 2.56 bits per heavy atom. The van der Waals surface area contributed by atoms with Crippen LogP contribution in [0.3, 0.4) is 0 Å². The summed E-state index contributed by atoms with van der Waals surface area (Å²) in [5.74, 6) is -1.35. The SMILES string of the molecule is CC(C)(C)OC(=O)N1Cc2c(C(N)=O)c(-c3cccc(F)c3)nn2C(COS(C)(=O)=O)C1. The van der Waals surface area contributed by atoms with E-state index >= 15 is 0 Å². The first-order chi connectivity index (χ1) is 14.7. The molecule has 10 nitrogen and oxygen atoms in total. The molecular formula is C20H25FN4O6S. The van der Waals surface area contributed by atoms with E-state index in [2.05, 4.69) is 5.10 Å². The molecule has 1 aromatic carbocycles. The zero-order valence-electron chi connectivity index (χ0n) is 18.2. The number of primary amides is 1. The zero-order chi connectivity index (χ0) is 23.8. The van der Waals surface area contributed by atoms with Gasteiger partial charge in [0.15, 0.2) is 0 Å². The number of carbonyl (C=O) groups excluding carboxylic acids is 2. The van der Waals surface area contributed by atoms with E-state index in [1.807, 2.05) is 0 Å². The molecule has 2 N–H and O–H groups in total. The third-order valence-electron chi connectivity index (χ3n) is 4.60. The van der Waals surface area contributed by atoms with Gasteiger partial charge in [0.1, 0.15) is 17.1 Å². The van der Waals surface area contributed by atoms with Gasteiger partial charge in [-0.25, -0.2) is 9.18 Å². The molecule has 174 valence electrons. The summed E-state index contributed by atoms with van der Waals surface area (Å²) >= 11 is 0. The van der Waals surface area contributed by atoms with Crippen molar-refractivity contribution in [1.29, 1.82) is 0 Å². The average Bonchev–Trinajstić information content (AvgIpc) is 3.04. The fourth-order valence-corrected chi connectivity index (χ4v) is 3.79. The van der Waals surface area contributed by atoms with Gasteiger partial charge in [-0.3, -0.25) is 13.7 Å². The van der Waals surface area contributed by atoms with Crippen LogP contribution >= 0.6 is 0 Å². The molecule has 2 amide bonds. The molecule has 0 spiro atoms. The smallest absolute Gasteiger partial charge is 0.410 e. The standard InChI is InChI=1S/C20H25FN4O6S/c1-20(2,3)31-19(27)24-9-14(11-30-32(4,28)29)25-15(10-24)16(18(22)26)17(23-25)12-6-5-7-13(21)8-12/h5-8,14H,9-11H2,1-4H3,(H2,22,26). The molecule has 0 saturated carbocycles. The highest BCUT2D eigenvalue weighted by molar-refractivity contribution is 7.85. The average molecular weight is 469 g/mol. The van der Waals surface area contributed by atoms with Gasteiger partial charge in [0.05, 0.1) is 36.7 Å². The molecule has 0 fully saturated rings. The highest BCUT2D eigenvalue weighted by atomic mass is 32.2. The fraction of sp³-hybridized carbons (Fsp3) is 0.450. The Morgan fingerprint density at radius 1 is 1.31 bits per heavy atom. The van der Waals surface area contributed by atoms with Crippen LogP contribution in [-0.2, 0) is 25.6 Å². The summed E-state index contributed by atoms with van der Waals surface area (Å²) in [4.78, 5) is 26.4. The van der Waals surface area contributed by atoms with Crippen molar-refractivity contribution in [3.05, 3.63) is 41.3 Å². The van der Waals surface area contributed by atoms with Crippen molar-refractivity contribution >= 4 is 22.1 Å². The van der Waals surface area contributed by atoms with Crippen LogP contribution in [0.4, 0.5) is 9.18 Å². The lowest BCUT2D eigenvalue weighted by Gasteiger charge is -2.34. The third-order valence-corrected chi connectivity index (χ3v) is 5.16. The van der Waals surface area contributed by atoms with Gasteiger partial charge >= 0.3 is 6.09 Å². The third kappa shape index (κ3) is 5.43. The number of halogens is 1. The van der Waals surface area contributed by atoms with Crippen molar-refractivity contribution in [3.63, 3.8) is 0 Å². The largest absolute Gasteiger partial charge is 0.444 e. The minimum absolute atomic E-state index is 0.00761. The number of carbonyl (C=O) groups is 2. The van der Waals surface area contributed by atoms with E-state index in [0.717, 1.165) is 6.26 Å². The lowest BCUT2D eigenvalue weighted by molar-refractivity contribution is 0.0136. The van der Waals surface area contributed by atoms with Gasteiger partial charge in [0.2, 0.25) is 0 Å². The van der Waals surface area contributed by atoms with Crippen LogP contribution < -0.4 is 5.73 Å². The Labute approximate surface area is 185 Å². The van der Waals surface area contributed by atoms with E-state index in [4.69, 9.17) is 14.7 Å². The van der Waals surface area contributed by atoms with Gasteiger partial charge in [-0.05, 0) is 32.9 Å². The van der Waals surface area contributed by atoms with Gasteiger partial charge < -0.3 is 15.4 Å². The molecule has 3 rings (SSSR count). The molecule has 1 aliphatic heterocycles. The number of amides is 2. The second-order valence-electron chi connectivity index (χ2n) is 8.49. The van der Waals surface area contributed by atoms with E-state index in [-0.39, 0.29) is 36.6 Å². The number of fused-ring (bicyclic) bond motifs is 1. The first-order valence-corrected chi connectivity index (χ1v) is 11.6. The maximum atomic E-state index is 13.8. The van der Waals surface area contributed by atoms with Crippen molar-refractivity contribution in [1.82, 2.24) is 14.7 Å². The van der Waals surface area contributed by atoms with E-state index in [1.165, 1.54) is 27.8 Å². The number of aromatic nitrogens is 2. The lowest BCUT2D eigenvalue weighted by Crippen LogP contribution is -2.45. The predicted octanol–water partition coefficient (Wildman–Crippen LogP) is 2.06. The summed E-state index contributed by atoms with van der Waals surface area (Å²) in [5.41, 5.74) is 5.57. The minimum atomic E-state index is -3.79. The second-order valence-corrected chi connectivity index (χ2v) is 10.1. The molecule has 0 aliphatic carbocycles. The molecule has 32 heavy (non-hydrogen) atoms. The number of benzene rings is 1. The van der Waals surface area contributed by atoms with E-state index in [0.29, 0.717) is 5.56 Å². The Hall–Kier alpha value is -2.99. The highest BCUT2D eigenvalue weighted by Gasteiger charge is 2.36. The minimum Gasteiger partial charge on any atom is -0.444 e. The molecule has 0 bridgehead atoms. The van der Waals surface area contributed by atoms with E-state index < -0.39 is 39.6 Å². The maximum absolute atomic E-state index is 13.8. The predicted molar refractivity (Wildman–Crippen MR) is 113 cm³/mol. The number of ether oxygens (including phenoxy) is 1. The van der Waals surface area contributed by atoms with Gasteiger partial charge in [-0.1, -0.05) is 12.1 Å². The monoisotopic (exact) mass is 468 g/mol. The van der Waals surface area contributed by atoms with Crippen molar-refractivity contribution < 1.29 is 31.3 Å². The molecule has 2 heterocycles. The normalized spacial score (nSPS) is 16.5.